The number of hydrogen-bond acceptors (Lipinski definition) is 4. The Morgan fingerprint density at radius 3 is 3.00 bits per heavy atom. The average molecular weight is 235 g/mol. The molecule has 0 bridgehead atoms. The number of rotatable bonds is 2. The van der Waals surface area contributed by atoms with Crippen molar-refractivity contribution in [2.75, 3.05) is 13.6 Å². The van der Waals surface area contributed by atoms with E-state index in [4.69, 9.17) is 5.73 Å². The van der Waals surface area contributed by atoms with Crippen molar-refractivity contribution in [1.82, 2.24) is 19.7 Å². The summed E-state index contributed by atoms with van der Waals surface area (Å²) >= 11 is 0. The summed E-state index contributed by atoms with van der Waals surface area (Å²) in [6.45, 7) is 2.15. The van der Waals surface area contributed by atoms with Crippen LogP contribution >= 0.6 is 0 Å². The maximum Gasteiger partial charge on any atom is 0.152 e. The van der Waals surface area contributed by atoms with Crippen molar-refractivity contribution in [3.63, 3.8) is 0 Å². The molecule has 94 valence electrons. The van der Waals surface area contributed by atoms with Gasteiger partial charge in [-0.3, -0.25) is 0 Å². The van der Waals surface area contributed by atoms with Crippen LogP contribution in [0, 0.1) is 0 Å². The largest absolute Gasteiger partial charge is 0.327 e. The lowest BCUT2D eigenvalue weighted by atomic mass is 10.1. The van der Waals surface area contributed by atoms with Gasteiger partial charge in [0.2, 0.25) is 0 Å². The molecule has 0 spiro atoms. The summed E-state index contributed by atoms with van der Waals surface area (Å²) in [5, 5.41) is 4.61. The Bertz CT molecular complexity index is 400. The highest BCUT2D eigenvalue weighted by Gasteiger charge is 2.24. The Balaban J connectivity index is 1.72. The molecule has 2 atom stereocenters. The Kier molecular flexibility index (Phi) is 2.88. The molecular formula is C12H21N5. The lowest BCUT2D eigenvalue weighted by Gasteiger charge is -2.17. The highest BCUT2D eigenvalue weighted by molar-refractivity contribution is 5.01. The van der Waals surface area contributed by atoms with Gasteiger partial charge >= 0.3 is 0 Å². The lowest BCUT2D eigenvalue weighted by Crippen LogP contribution is -2.31. The van der Waals surface area contributed by atoms with E-state index in [0.717, 1.165) is 37.5 Å². The number of nitrogens with two attached hydrogens (primary N) is 1. The highest BCUT2D eigenvalue weighted by atomic mass is 15.4. The van der Waals surface area contributed by atoms with Crippen LogP contribution < -0.4 is 5.73 Å². The van der Waals surface area contributed by atoms with Crippen LogP contribution in [-0.2, 0) is 19.4 Å². The Hall–Kier alpha value is -0.940. The molecule has 2 aliphatic heterocycles. The van der Waals surface area contributed by atoms with Crippen LogP contribution in [0.2, 0.25) is 0 Å². The zero-order valence-corrected chi connectivity index (χ0v) is 10.5. The maximum atomic E-state index is 5.96. The third-order valence-electron chi connectivity index (χ3n) is 4.04. The first-order valence-electron chi connectivity index (χ1n) is 6.61. The lowest BCUT2D eigenvalue weighted by molar-refractivity contribution is 0.305. The summed E-state index contributed by atoms with van der Waals surface area (Å²) in [5.74, 6) is 2.09. The van der Waals surface area contributed by atoms with Crippen molar-refractivity contribution >= 4 is 0 Å². The fourth-order valence-electron chi connectivity index (χ4n) is 2.92. The molecule has 0 saturated carbocycles. The second kappa shape index (κ2) is 4.38. The summed E-state index contributed by atoms with van der Waals surface area (Å²) in [7, 11) is 2.20. The molecule has 2 aliphatic rings. The van der Waals surface area contributed by atoms with Crippen molar-refractivity contribution in [2.24, 2.45) is 5.73 Å². The minimum Gasteiger partial charge on any atom is -0.327 e. The standard InChI is InChI=1S/C12H21N5/c1-16-5-2-3-10(16)8-11-14-12-7-9(13)4-6-17(12)15-11/h9-10H,2-8,13H2,1H3. The number of hydrogen-bond donors (Lipinski definition) is 1. The maximum absolute atomic E-state index is 5.96. The van der Waals surface area contributed by atoms with E-state index in [0.29, 0.717) is 6.04 Å². The van der Waals surface area contributed by atoms with Gasteiger partial charge in [-0.15, -0.1) is 0 Å². The van der Waals surface area contributed by atoms with E-state index < -0.39 is 0 Å². The molecule has 1 saturated heterocycles. The van der Waals surface area contributed by atoms with Gasteiger partial charge in [-0.2, -0.15) is 5.10 Å². The van der Waals surface area contributed by atoms with Gasteiger partial charge in [0.15, 0.2) is 5.82 Å². The van der Waals surface area contributed by atoms with Crippen LogP contribution in [0.1, 0.15) is 30.9 Å². The van der Waals surface area contributed by atoms with E-state index in [-0.39, 0.29) is 6.04 Å². The Morgan fingerprint density at radius 2 is 2.24 bits per heavy atom. The first kappa shape index (κ1) is 11.2. The Morgan fingerprint density at radius 1 is 1.35 bits per heavy atom. The van der Waals surface area contributed by atoms with E-state index in [1.165, 1.54) is 19.4 Å². The zero-order chi connectivity index (χ0) is 11.8. The summed E-state index contributed by atoms with van der Waals surface area (Å²) in [6, 6.07) is 0.904. The van der Waals surface area contributed by atoms with Gasteiger partial charge in [0.1, 0.15) is 5.82 Å². The molecule has 0 aromatic carbocycles. The number of likely N-dealkylation sites (N-methyl/N-ethyl adjacent to an activating group) is 1. The monoisotopic (exact) mass is 235 g/mol. The molecular weight excluding hydrogens is 214 g/mol. The first-order valence-corrected chi connectivity index (χ1v) is 6.61. The SMILES string of the molecule is CN1CCCC1Cc1nc2n(n1)CCC(N)C2. The van der Waals surface area contributed by atoms with Crippen molar-refractivity contribution in [2.45, 2.75) is 50.7 Å². The second-order valence-electron chi connectivity index (χ2n) is 5.40. The van der Waals surface area contributed by atoms with Crippen LogP contribution in [0.25, 0.3) is 0 Å². The average Bonchev–Trinajstić information content (AvgIpc) is 2.85. The molecule has 0 radical (unpaired) electrons. The molecule has 5 heteroatoms. The molecule has 5 nitrogen and oxygen atoms in total. The van der Waals surface area contributed by atoms with Crippen molar-refractivity contribution in [1.29, 1.82) is 0 Å². The minimum absolute atomic E-state index is 0.272. The third kappa shape index (κ3) is 2.21. The Labute approximate surface area is 102 Å². The number of nitrogens with zero attached hydrogens (tertiary/aromatic N) is 4. The van der Waals surface area contributed by atoms with E-state index >= 15 is 0 Å². The van der Waals surface area contributed by atoms with Gasteiger partial charge in [-0.05, 0) is 32.9 Å². The molecule has 0 amide bonds. The van der Waals surface area contributed by atoms with E-state index in [1.807, 2.05) is 4.68 Å². The van der Waals surface area contributed by atoms with Crippen LogP contribution in [0.15, 0.2) is 0 Å². The van der Waals surface area contributed by atoms with E-state index in [1.54, 1.807) is 0 Å². The fourth-order valence-corrected chi connectivity index (χ4v) is 2.92. The minimum atomic E-state index is 0.272. The van der Waals surface area contributed by atoms with Crippen LogP contribution in [0.4, 0.5) is 0 Å². The van der Waals surface area contributed by atoms with Gasteiger partial charge in [-0.1, -0.05) is 0 Å². The van der Waals surface area contributed by atoms with Crippen molar-refractivity contribution < 1.29 is 0 Å². The van der Waals surface area contributed by atoms with Gasteiger partial charge in [0, 0.05) is 31.5 Å². The predicted molar refractivity (Wildman–Crippen MR) is 65.7 cm³/mol. The zero-order valence-electron chi connectivity index (χ0n) is 10.5. The number of likely N-dealkylation sites (tertiary alicyclic amines) is 1. The summed E-state index contributed by atoms with van der Waals surface area (Å²) in [4.78, 5) is 7.07. The topological polar surface area (TPSA) is 60.0 Å². The summed E-state index contributed by atoms with van der Waals surface area (Å²) in [5.41, 5.74) is 5.96. The van der Waals surface area contributed by atoms with Crippen LogP contribution in [0.3, 0.4) is 0 Å². The predicted octanol–water partition coefficient (Wildman–Crippen LogP) is 0.188. The van der Waals surface area contributed by atoms with Crippen molar-refractivity contribution in [3.05, 3.63) is 11.6 Å². The van der Waals surface area contributed by atoms with Gasteiger partial charge in [-0.25, -0.2) is 9.67 Å². The number of fused-ring (bicyclic) bond motifs is 1. The normalized spacial score (nSPS) is 29.5. The molecule has 3 rings (SSSR count). The fraction of sp³-hybridized carbons (Fsp3) is 0.833. The quantitative estimate of drug-likeness (QED) is 0.795. The molecule has 2 N–H and O–H groups in total. The first-order chi connectivity index (χ1) is 8.22. The smallest absolute Gasteiger partial charge is 0.152 e. The third-order valence-corrected chi connectivity index (χ3v) is 4.04. The molecule has 17 heavy (non-hydrogen) atoms. The molecule has 0 aliphatic carbocycles. The van der Waals surface area contributed by atoms with Crippen LogP contribution in [-0.4, -0.2) is 45.3 Å². The van der Waals surface area contributed by atoms with E-state index in [2.05, 4.69) is 22.0 Å². The van der Waals surface area contributed by atoms with Gasteiger partial charge < -0.3 is 10.6 Å². The molecule has 1 fully saturated rings. The number of aromatic nitrogens is 3. The molecule has 1 aromatic heterocycles. The highest BCUT2D eigenvalue weighted by Crippen LogP contribution is 2.19. The summed E-state index contributed by atoms with van der Waals surface area (Å²) in [6.07, 6.45) is 5.48. The molecule has 1 aromatic rings. The summed E-state index contributed by atoms with van der Waals surface area (Å²) < 4.78 is 2.05. The van der Waals surface area contributed by atoms with Gasteiger partial charge in [0.25, 0.3) is 0 Å². The number of aryl methyl sites for hydroxylation is 1. The molecule has 3 heterocycles. The molecule has 2 unspecified atom stereocenters. The second-order valence-corrected chi connectivity index (χ2v) is 5.40. The van der Waals surface area contributed by atoms with Gasteiger partial charge in [0.05, 0.1) is 0 Å². The van der Waals surface area contributed by atoms with Crippen molar-refractivity contribution in [3.8, 4) is 0 Å². The van der Waals surface area contributed by atoms with Crippen LogP contribution in [0.5, 0.6) is 0 Å². The van der Waals surface area contributed by atoms with E-state index in [9.17, 15) is 0 Å².